The number of benzene rings is 3. The Kier molecular flexibility index (Phi) is 5.29. The molecule has 3 rings (SSSR count). The molecule has 0 aliphatic heterocycles. The molecule has 0 aliphatic rings. The van der Waals surface area contributed by atoms with E-state index in [2.05, 4.69) is 10.1 Å². The van der Waals surface area contributed by atoms with Gasteiger partial charge in [-0.15, -0.1) is 0 Å². The predicted octanol–water partition coefficient (Wildman–Crippen LogP) is 3.09. The van der Waals surface area contributed by atoms with Crippen LogP contribution in [0.2, 0.25) is 0 Å². The van der Waals surface area contributed by atoms with Crippen molar-refractivity contribution in [2.45, 2.75) is 6.10 Å². The van der Waals surface area contributed by atoms with E-state index in [1.54, 1.807) is 12.1 Å². The van der Waals surface area contributed by atoms with Crippen molar-refractivity contribution in [1.82, 2.24) is 5.32 Å². The third kappa shape index (κ3) is 3.73. The smallest absolute Gasteiger partial charge is 0.337 e. The molecule has 26 heavy (non-hydrogen) atoms. The average molecular weight is 349 g/mol. The monoisotopic (exact) mass is 349 g/mol. The summed E-state index contributed by atoms with van der Waals surface area (Å²) in [7, 11) is 1.30. The summed E-state index contributed by atoms with van der Waals surface area (Å²) >= 11 is 0. The van der Waals surface area contributed by atoms with Crippen LogP contribution < -0.4 is 5.32 Å². The van der Waals surface area contributed by atoms with Gasteiger partial charge in [-0.05, 0) is 40.6 Å². The molecule has 0 heterocycles. The first kappa shape index (κ1) is 17.6. The molecule has 1 atom stereocenters. The van der Waals surface area contributed by atoms with Crippen molar-refractivity contribution >= 4 is 22.6 Å². The second kappa shape index (κ2) is 7.80. The standard InChI is InChI=1S/C21H19NO4/c1-26-21(25)16-11-9-15(10-12-16)20(24)22-13-19(23)18-8-4-6-14-5-2-3-7-17(14)18/h2-12,19,23H,13H2,1H3,(H,22,24). The lowest BCUT2D eigenvalue weighted by Crippen LogP contribution is -2.28. The summed E-state index contributed by atoms with van der Waals surface area (Å²) < 4.78 is 4.63. The Morgan fingerprint density at radius 3 is 2.35 bits per heavy atom. The van der Waals surface area contributed by atoms with E-state index in [9.17, 15) is 14.7 Å². The van der Waals surface area contributed by atoms with E-state index in [1.165, 1.54) is 19.2 Å². The Bertz CT molecular complexity index is 929. The fraction of sp³-hybridized carbons (Fsp3) is 0.143. The second-order valence-electron chi connectivity index (χ2n) is 5.86. The van der Waals surface area contributed by atoms with Crippen molar-refractivity contribution in [3.05, 3.63) is 83.4 Å². The number of ether oxygens (including phenoxy) is 1. The quantitative estimate of drug-likeness (QED) is 0.694. The maximum Gasteiger partial charge on any atom is 0.337 e. The fourth-order valence-electron chi connectivity index (χ4n) is 2.82. The number of fused-ring (bicyclic) bond motifs is 1. The van der Waals surface area contributed by atoms with Gasteiger partial charge in [0.2, 0.25) is 0 Å². The van der Waals surface area contributed by atoms with E-state index in [1.807, 2.05) is 42.5 Å². The molecule has 0 aliphatic carbocycles. The molecule has 2 N–H and O–H groups in total. The summed E-state index contributed by atoms with van der Waals surface area (Å²) in [5, 5.41) is 15.2. The number of rotatable bonds is 5. The molecule has 5 nitrogen and oxygen atoms in total. The number of hydrogen-bond acceptors (Lipinski definition) is 4. The van der Waals surface area contributed by atoms with Crippen molar-refractivity contribution in [3.8, 4) is 0 Å². The molecule has 0 saturated heterocycles. The van der Waals surface area contributed by atoms with Crippen LogP contribution >= 0.6 is 0 Å². The third-order valence-electron chi connectivity index (χ3n) is 4.21. The number of aliphatic hydroxyl groups is 1. The van der Waals surface area contributed by atoms with Crippen LogP contribution in [-0.4, -0.2) is 30.6 Å². The van der Waals surface area contributed by atoms with Crippen LogP contribution in [0.3, 0.4) is 0 Å². The molecule has 3 aromatic rings. The number of carbonyl (C=O) groups is 2. The highest BCUT2D eigenvalue weighted by molar-refractivity contribution is 5.96. The van der Waals surface area contributed by atoms with E-state index >= 15 is 0 Å². The summed E-state index contributed by atoms with van der Waals surface area (Å²) in [5.74, 6) is -0.774. The minimum atomic E-state index is -0.820. The van der Waals surface area contributed by atoms with Gasteiger partial charge >= 0.3 is 5.97 Å². The van der Waals surface area contributed by atoms with Gasteiger partial charge in [0.15, 0.2) is 0 Å². The topological polar surface area (TPSA) is 75.6 Å². The van der Waals surface area contributed by atoms with Gasteiger partial charge in [-0.2, -0.15) is 0 Å². The molecule has 0 radical (unpaired) electrons. The minimum Gasteiger partial charge on any atom is -0.465 e. The average Bonchev–Trinajstić information content (AvgIpc) is 2.70. The van der Waals surface area contributed by atoms with Crippen LogP contribution in [0.1, 0.15) is 32.4 Å². The molecule has 0 spiro atoms. The van der Waals surface area contributed by atoms with Crippen LogP contribution in [0.4, 0.5) is 0 Å². The summed E-state index contributed by atoms with van der Waals surface area (Å²) in [6.45, 7) is 0.0889. The number of esters is 1. The molecular weight excluding hydrogens is 330 g/mol. The summed E-state index contributed by atoms with van der Waals surface area (Å²) in [4.78, 5) is 23.7. The highest BCUT2D eigenvalue weighted by Gasteiger charge is 2.14. The van der Waals surface area contributed by atoms with Gasteiger partial charge in [0, 0.05) is 12.1 Å². The minimum absolute atomic E-state index is 0.0889. The number of amides is 1. The predicted molar refractivity (Wildman–Crippen MR) is 99.0 cm³/mol. The van der Waals surface area contributed by atoms with Crippen LogP contribution in [0.15, 0.2) is 66.7 Å². The maximum atomic E-state index is 12.3. The van der Waals surface area contributed by atoms with Crippen LogP contribution in [-0.2, 0) is 4.74 Å². The Hall–Kier alpha value is -3.18. The first-order valence-electron chi connectivity index (χ1n) is 8.22. The molecule has 0 bridgehead atoms. The largest absolute Gasteiger partial charge is 0.465 e. The molecule has 0 saturated carbocycles. The first-order chi connectivity index (χ1) is 12.6. The molecule has 1 unspecified atom stereocenters. The van der Waals surface area contributed by atoms with Gasteiger partial charge in [-0.1, -0.05) is 42.5 Å². The molecule has 0 fully saturated rings. The van der Waals surface area contributed by atoms with Crippen molar-refractivity contribution in [1.29, 1.82) is 0 Å². The Morgan fingerprint density at radius 2 is 1.62 bits per heavy atom. The summed E-state index contributed by atoms with van der Waals surface area (Å²) in [6, 6.07) is 19.7. The Balaban J connectivity index is 1.68. The normalized spacial score (nSPS) is 11.8. The van der Waals surface area contributed by atoms with Gasteiger partial charge in [0.1, 0.15) is 0 Å². The highest BCUT2D eigenvalue weighted by Crippen LogP contribution is 2.23. The molecule has 5 heteroatoms. The molecule has 3 aromatic carbocycles. The summed E-state index contributed by atoms with van der Waals surface area (Å²) in [5.41, 5.74) is 1.55. The van der Waals surface area contributed by atoms with Crippen molar-refractivity contribution < 1.29 is 19.4 Å². The lowest BCUT2D eigenvalue weighted by Gasteiger charge is -2.15. The molecule has 1 amide bonds. The van der Waals surface area contributed by atoms with Crippen LogP contribution in [0.5, 0.6) is 0 Å². The zero-order chi connectivity index (χ0) is 18.5. The van der Waals surface area contributed by atoms with Crippen molar-refractivity contribution in [2.75, 3.05) is 13.7 Å². The van der Waals surface area contributed by atoms with Crippen molar-refractivity contribution in [3.63, 3.8) is 0 Å². The molecular formula is C21H19NO4. The van der Waals surface area contributed by atoms with Crippen molar-refractivity contribution in [2.24, 2.45) is 0 Å². The SMILES string of the molecule is COC(=O)c1ccc(C(=O)NCC(O)c2cccc3ccccc23)cc1. The van der Waals surface area contributed by atoms with Gasteiger partial charge in [0.25, 0.3) is 5.91 Å². The summed E-state index contributed by atoms with van der Waals surface area (Å²) in [6.07, 6.45) is -0.820. The first-order valence-corrected chi connectivity index (χ1v) is 8.22. The number of methoxy groups -OCH3 is 1. The Labute approximate surface area is 151 Å². The lowest BCUT2D eigenvalue weighted by atomic mass is 10.0. The number of nitrogens with one attached hydrogen (secondary N) is 1. The zero-order valence-electron chi connectivity index (χ0n) is 14.3. The zero-order valence-corrected chi connectivity index (χ0v) is 14.3. The van der Waals surface area contributed by atoms with E-state index in [-0.39, 0.29) is 12.5 Å². The number of hydrogen-bond donors (Lipinski definition) is 2. The number of carbonyl (C=O) groups excluding carboxylic acids is 2. The molecule has 132 valence electrons. The van der Waals surface area contributed by atoms with Crippen LogP contribution in [0, 0.1) is 0 Å². The third-order valence-corrected chi connectivity index (χ3v) is 4.21. The highest BCUT2D eigenvalue weighted by atomic mass is 16.5. The van der Waals surface area contributed by atoms with Gasteiger partial charge in [0.05, 0.1) is 18.8 Å². The number of aliphatic hydroxyl groups excluding tert-OH is 1. The van der Waals surface area contributed by atoms with E-state index < -0.39 is 12.1 Å². The second-order valence-corrected chi connectivity index (χ2v) is 5.86. The van der Waals surface area contributed by atoms with Gasteiger partial charge in [-0.3, -0.25) is 4.79 Å². The lowest BCUT2D eigenvalue weighted by molar-refractivity contribution is 0.0600. The van der Waals surface area contributed by atoms with Crippen LogP contribution in [0.25, 0.3) is 10.8 Å². The Morgan fingerprint density at radius 1 is 0.962 bits per heavy atom. The van der Waals surface area contributed by atoms with Gasteiger partial charge < -0.3 is 15.2 Å². The maximum absolute atomic E-state index is 12.3. The van der Waals surface area contributed by atoms with Gasteiger partial charge in [-0.25, -0.2) is 4.79 Å². The van der Waals surface area contributed by atoms with E-state index in [0.717, 1.165) is 16.3 Å². The van der Waals surface area contributed by atoms with E-state index in [4.69, 9.17) is 0 Å². The van der Waals surface area contributed by atoms with E-state index in [0.29, 0.717) is 11.1 Å². The fourth-order valence-corrected chi connectivity index (χ4v) is 2.82. The molecule has 0 aromatic heterocycles.